The Morgan fingerprint density at radius 2 is 1.56 bits per heavy atom. The van der Waals surface area contributed by atoms with E-state index in [2.05, 4.69) is 4.72 Å². The molecule has 2 rings (SSSR count). The van der Waals surface area contributed by atoms with Crippen molar-refractivity contribution >= 4 is 10.0 Å². The Bertz CT molecular complexity index is 803. The first-order valence-electron chi connectivity index (χ1n) is 7.83. The fourth-order valence-corrected chi connectivity index (χ4v) is 3.79. The van der Waals surface area contributed by atoms with Crippen molar-refractivity contribution in [2.45, 2.75) is 24.3 Å². The van der Waals surface area contributed by atoms with Gasteiger partial charge in [-0.2, -0.15) is 0 Å². The van der Waals surface area contributed by atoms with Crippen LogP contribution in [0.4, 0.5) is 0 Å². The summed E-state index contributed by atoms with van der Waals surface area (Å²) in [5, 5.41) is 0. The van der Waals surface area contributed by atoms with Crippen molar-refractivity contribution in [3.8, 4) is 17.2 Å². The number of sulfonamides is 1. The Hall–Kier alpha value is -2.25. The lowest BCUT2D eigenvalue weighted by Crippen LogP contribution is -2.28. The predicted octanol–water partition coefficient (Wildman–Crippen LogP) is 3.14. The summed E-state index contributed by atoms with van der Waals surface area (Å²) in [5.41, 5.74) is 0.868. The highest BCUT2D eigenvalue weighted by Crippen LogP contribution is 2.30. The van der Waals surface area contributed by atoms with Crippen molar-refractivity contribution in [2.24, 2.45) is 0 Å². The fourth-order valence-electron chi connectivity index (χ4n) is 2.46. The van der Waals surface area contributed by atoms with Gasteiger partial charge in [-0.05, 0) is 36.2 Å². The Balaban J connectivity index is 2.28. The molecule has 0 aliphatic carbocycles. The first kappa shape index (κ1) is 19.1. The van der Waals surface area contributed by atoms with Gasteiger partial charge < -0.3 is 14.2 Å². The van der Waals surface area contributed by atoms with Gasteiger partial charge in [0.15, 0.2) is 11.5 Å². The van der Waals surface area contributed by atoms with Crippen molar-refractivity contribution in [1.29, 1.82) is 0 Å². The molecule has 136 valence electrons. The van der Waals surface area contributed by atoms with Crippen LogP contribution in [0.3, 0.4) is 0 Å². The van der Waals surface area contributed by atoms with Gasteiger partial charge in [-0.15, -0.1) is 0 Å². The van der Waals surface area contributed by atoms with E-state index in [1.54, 1.807) is 13.2 Å². The predicted molar refractivity (Wildman–Crippen MR) is 95.9 cm³/mol. The number of ether oxygens (including phenoxy) is 3. The molecule has 0 aliphatic heterocycles. The summed E-state index contributed by atoms with van der Waals surface area (Å²) in [6.45, 7) is 1.92. The van der Waals surface area contributed by atoms with Crippen LogP contribution in [0.5, 0.6) is 17.2 Å². The molecule has 0 aromatic heterocycles. The number of nitrogens with one attached hydrogen (secondary N) is 1. The zero-order chi connectivity index (χ0) is 18.4. The van der Waals surface area contributed by atoms with Gasteiger partial charge >= 0.3 is 0 Å². The van der Waals surface area contributed by atoms with Crippen LogP contribution in [0.15, 0.2) is 47.4 Å². The molecular weight excluding hydrogens is 342 g/mol. The summed E-state index contributed by atoms with van der Waals surface area (Å²) < 4.78 is 43.7. The number of methoxy groups -OCH3 is 3. The molecule has 0 aliphatic rings. The first-order chi connectivity index (χ1) is 11.9. The zero-order valence-corrected chi connectivity index (χ0v) is 15.6. The van der Waals surface area contributed by atoms with Crippen molar-refractivity contribution in [1.82, 2.24) is 4.72 Å². The molecule has 7 heteroatoms. The highest BCUT2D eigenvalue weighted by molar-refractivity contribution is 7.89. The second kappa shape index (κ2) is 8.22. The van der Waals surface area contributed by atoms with Gasteiger partial charge in [-0.1, -0.05) is 19.1 Å². The molecule has 0 saturated heterocycles. The largest absolute Gasteiger partial charge is 0.497 e. The Morgan fingerprint density at radius 1 is 0.920 bits per heavy atom. The highest BCUT2D eigenvalue weighted by atomic mass is 32.2. The third-order valence-corrected chi connectivity index (χ3v) is 5.36. The molecule has 0 saturated carbocycles. The third-order valence-electron chi connectivity index (χ3n) is 3.89. The molecule has 6 nitrogen and oxygen atoms in total. The summed E-state index contributed by atoms with van der Waals surface area (Å²) >= 11 is 0. The number of benzene rings is 2. The van der Waals surface area contributed by atoms with E-state index in [0.717, 1.165) is 11.3 Å². The maximum atomic E-state index is 12.7. The highest BCUT2D eigenvalue weighted by Gasteiger charge is 2.22. The van der Waals surface area contributed by atoms with Gasteiger partial charge in [-0.3, -0.25) is 0 Å². The van der Waals surface area contributed by atoms with Crippen molar-refractivity contribution in [3.63, 3.8) is 0 Å². The average molecular weight is 365 g/mol. The first-order valence-corrected chi connectivity index (χ1v) is 9.31. The smallest absolute Gasteiger partial charge is 0.241 e. The summed E-state index contributed by atoms with van der Waals surface area (Å²) in [5.74, 6) is 1.56. The van der Waals surface area contributed by atoms with E-state index in [0.29, 0.717) is 17.9 Å². The van der Waals surface area contributed by atoms with Crippen LogP contribution in [0.2, 0.25) is 0 Å². The molecule has 0 fully saturated rings. The van der Waals surface area contributed by atoms with Crippen molar-refractivity contribution in [3.05, 3.63) is 48.0 Å². The zero-order valence-electron chi connectivity index (χ0n) is 14.8. The molecule has 0 radical (unpaired) electrons. The summed E-state index contributed by atoms with van der Waals surface area (Å²) in [4.78, 5) is 0.122. The average Bonchev–Trinajstić information content (AvgIpc) is 2.65. The van der Waals surface area contributed by atoms with E-state index >= 15 is 0 Å². The molecule has 2 aromatic carbocycles. The maximum Gasteiger partial charge on any atom is 0.241 e. The SMILES string of the molecule is CC[C@@H](NS(=O)(=O)c1ccc(OC)c(OC)c1)c1ccc(OC)cc1. The van der Waals surface area contributed by atoms with Crippen LogP contribution in [0, 0.1) is 0 Å². The minimum Gasteiger partial charge on any atom is -0.497 e. The summed E-state index contributed by atoms with van der Waals surface area (Å²) in [7, 11) is 0.847. The van der Waals surface area contributed by atoms with Gasteiger partial charge in [0.1, 0.15) is 5.75 Å². The minimum atomic E-state index is -3.71. The Morgan fingerprint density at radius 3 is 2.08 bits per heavy atom. The molecule has 2 aromatic rings. The van der Waals surface area contributed by atoms with Crippen LogP contribution >= 0.6 is 0 Å². The lowest BCUT2D eigenvalue weighted by molar-refractivity contribution is 0.354. The number of hydrogen-bond donors (Lipinski definition) is 1. The van der Waals surface area contributed by atoms with Crippen LogP contribution < -0.4 is 18.9 Å². The van der Waals surface area contributed by atoms with Crippen LogP contribution in [0.25, 0.3) is 0 Å². The van der Waals surface area contributed by atoms with Gasteiger partial charge in [0.2, 0.25) is 10.0 Å². The molecule has 0 unspecified atom stereocenters. The van der Waals surface area contributed by atoms with E-state index in [1.807, 2.05) is 31.2 Å². The Kier molecular flexibility index (Phi) is 6.27. The summed E-state index contributed by atoms with van der Waals surface area (Å²) in [6, 6.07) is 11.5. The Labute approximate surface area is 148 Å². The van der Waals surface area contributed by atoms with Gasteiger partial charge in [0.05, 0.1) is 26.2 Å². The normalized spacial score (nSPS) is 12.5. The van der Waals surface area contributed by atoms with Gasteiger partial charge in [0.25, 0.3) is 0 Å². The molecular formula is C18H23NO5S. The van der Waals surface area contributed by atoms with E-state index in [4.69, 9.17) is 14.2 Å². The van der Waals surface area contributed by atoms with Gasteiger partial charge in [-0.25, -0.2) is 13.1 Å². The molecule has 0 amide bonds. The molecule has 0 spiro atoms. The molecule has 25 heavy (non-hydrogen) atoms. The third kappa shape index (κ3) is 4.43. The molecule has 0 bridgehead atoms. The summed E-state index contributed by atoms with van der Waals surface area (Å²) in [6.07, 6.45) is 0.610. The van der Waals surface area contributed by atoms with E-state index < -0.39 is 10.0 Å². The number of hydrogen-bond acceptors (Lipinski definition) is 5. The van der Waals surface area contributed by atoms with E-state index in [1.165, 1.54) is 26.4 Å². The molecule has 1 atom stereocenters. The maximum absolute atomic E-state index is 12.7. The van der Waals surface area contributed by atoms with Crippen LogP contribution in [0.1, 0.15) is 24.9 Å². The lowest BCUT2D eigenvalue weighted by atomic mass is 10.1. The fraction of sp³-hybridized carbons (Fsp3) is 0.333. The van der Waals surface area contributed by atoms with Crippen molar-refractivity contribution < 1.29 is 22.6 Å². The topological polar surface area (TPSA) is 73.9 Å². The monoisotopic (exact) mass is 365 g/mol. The lowest BCUT2D eigenvalue weighted by Gasteiger charge is -2.18. The van der Waals surface area contributed by atoms with Crippen molar-refractivity contribution in [2.75, 3.05) is 21.3 Å². The van der Waals surface area contributed by atoms with Crippen LogP contribution in [-0.4, -0.2) is 29.7 Å². The minimum absolute atomic E-state index is 0.122. The van der Waals surface area contributed by atoms with Gasteiger partial charge in [0, 0.05) is 12.1 Å². The molecule has 1 N–H and O–H groups in total. The second-order valence-corrected chi connectivity index (χ2v) is 7.09. The quantitative estimate of drug-likeness (QED) is 0.778. The van der Waals surface area contributed by atoms with Crippen LogP contribution in [-0.2, 0) is 10.0 Å². The standard InChI is InChI=1S/C18H23NO5S/c1-5-16(13-6-8-14(22-2)9-7-13)19-25(20,21)15-10-11-17(23-3)18(12-15)24-4/h6-12,16,19H,5H2,1-4H3/t16-/m1/s1. The molecule has 0 heterocycles. The van der Waals surface area contributed by atoms with E-state index in [9.17, 15) is 8.42 Å². The number of rotatable bonds is 8. The van der Waals surface area contributed by atoms with E-state index in [-0.39, 0.29) is 10.9 Å². The second-order valence-electron chi connectivity index (χ2n) is 5.37.